The van der Waals surface area contributed by atoms with E-state index in [1.807, 2.05) is 0 Å². The molecule has 0 saturated heterocycles. The van der Waals surface area contributed by atoms with Gasteiger partial charge in [0.2, 0.25) is 0 Å². The summed E-state index contributed by atoms with van der Waals surface area (Å²) in [5.41, 5.74) is 1.45. The lowest BCUT2D eigenvalue weighted by atomic mass is 9.92. The highest BCUT2D eigenvalue weighted by atomic mass is 14.1. The van der Waals surface area contributed by atoms with Crippen LogP contribution in [0.5, 0.6) is 0 Å². The van der Waals surface area contributed by atoms with Crippen LogP contribution in [-0.4, -0.2) is 0 Å². The van der Waals surface area contributed by atoms with Gasteiger partial charge in [-0.1, -0.05) is 65.5 Å². The zero-order valence-corrected chi connectivity index (χ0v) is 11.3. The van der Waals surface area contributed by atoms with E-state index in [9.17, 15) is 0 Å². The zero-order chi connectivity index (χ0) is 11.7. The molecular weight excluding hydrogens is 180 g/mol. The van der Waals surface area contributed by atoms with E-state index in [4.69, 9.17) is 0 Å². The molecule has 0 aliphatic carbocycles. The maximum absolute atomic E-state index is 4.11. The average Bonchev–Trinajstić information content (AvgIpc) is 2.17. The Morgan fingerprint density at radius 1 is 1.00 bits per heavy atom. The van der Waals surface area contributed by atoms with Gasteiger partial charge in [0.1, 0.15) is 0 Å². The highest BCUT2D eigenvalue weighted by Gasteiger charge is 2.05. The SMILES string of the molecule is C=C(CCC)CCCCCC(C)C(C)C. The molecule has 0 nitrogen and oxygen atoms in total. The molecule has 0 aromatic carbocycles. The topological polar surface area (TPSA) is 0 Å². The highest BCUT2D eigenvalue weighted by Crippen LogP contribution is 2.19. The van der Waals surface area contributed by atoms with Crippen LogP contribution in [0.25, 0.3) is 0 Å². The van der Waals surface area contributed by atoms with Crippen molar-refractivity contribution in [3.8, 4) is 0 Å². The van der Waals surface area contributed by atoms with Gasteiger partial charge >= 0.3 is 0 Å². The van der Waals surface area contributed by atoms with Crippen LogP contribution >= 0.6 is 0 Å². The predicted octanol–water partition coefficient (Wildman–Crippen LogP) is 5.59. The minimum Gasteiger partial charge on any atom is -0.0999 e. The Hall–Kier alpha value is -0.260. The van der Waals surface area contributed by atoms with Crippen molar-refractivity contribution >= 4 is 0 Å². The molecule has 0 spiro atoms. The van der Waals surface area contributed by atoms with Gasteiger partial charge in [-0.3, -0.25) is 0 Å². The van der Waals surface area contributed by atoms with Crippen LogP contribution in [0.15, 0.2) is 12.2 Å². The molecule has 0 saturated carbocycles. The van der Waals surface area contributed by atoms with Crippen molar-refractivity contribution in [1.82, 2.24) is 0 Å². The van der Waals surface area contributed by atoms with E-state index >= 15 is 0 Å². The first kappa shape index (κ1) is 14.7. The smallest absolute Gasteiger partial charge is 0.0323 e. The molecular formula is C15H30. The standard InChI is InChI=1S/C15H30/c1-6-10-14(4)11-8-7-9-12-15(5)13(2)3/h13,15H,4,6-12H2,1-3,5H3. The summed E-state index contributed by atoms with van der Waals surface area (Å²) in [6.07, 6.45) is 9.27. The fourth-order valence-corrected chi connectivity index (χ4v) is 1.83. The molecule has 1 atom stereocenters. The first-order valence-electron chi connectivity index (χ1n) is 6.74. The first-order chi connectivity index (χ1) is 7.07. The minimum absolute atomic E-state index is 0.847. The molecule has 0 bridgehead atoms. The summed E-state index contributed by atoms with van der Waals surface area (Å²) >= 11 is 0. The maximum Gasteiger partial charge on any atom is -0.0323 e. The summed E-state index contributed by atoms with van der Waals surface area (Å²) in [5.74, 6) is 1.74. The van der Waals surface area contributed by atoms with Crippen molar-refractivity contribution in [2.45, 2.75) is 72.6 Å². The van der Waals surface area contributed by atoms with Gasteiger partial charge in [0.25, 0.3) is 0 Å². The van der Waals surface area contributed by atoms with Gasteiger partial charge in [-0.15, -0.1) is 0 Å². The van der Waals surface area contributed by atoms with E-state index in [2.05, 4.69) is 34.3 Å². The van der Waals surface area contributed by atoms with E-state index in [0.717, 1.165) is 11.8 Å². The Morgan fingerprint density at radius 3 is 2.20 bits per heavy atom. The average molecular weight is 210 g/mol. The van der Waals surface area contributed by atoms with Crippen LogP contribution < -0.4 is 0 Å². The van der Waals surface area contributed by atoms with Crippen molar-refractivity contribution in [2.75, 3.05) is 0 Å². The number of hydrogen-bond acceptors (Lipinski definition) is 0. The van der Waals surface area contributed by atoms with Crippen molar-refractivity contribution in [3.63, 3.8) is 0 Å². The van der Waals surface area contributed by atoms with E-state index in [-0.39, 0.29) is 0 Å². The molecule has 0 amide bonds. The van der Waals surface area contributed by atoms with Crippen molar-refractivity contribution in [2.24, 2.45) is 11.8 Å². The van der Waals surface area contributed by atoms with Crippen LogP contribution in [-0.2, 0) is 0 Å². The molecule has 0 heterocycles. The Bertz CT molecular complexity index is 155. The highest BCUT2D eigenvalue weighted by molar-refractivity contribution is 4.92. The second kappa shape index (κ2) is 9.00. The van der Waals surface area contributed by atoms with Gasteiger partial charge in [-0.05, 0) is 31.1 Å². The normalized spacial score (nSPS) is 13.1. The van der Waals surface area contributed by atoms with Gasteiger partial charge in [0.15, 0.2) is 0 Å². The number of rotatable bonds is 9. The molecule has 0 aliphatic rings. The quantitative estimate of drug-likeness (QED) is 0.344. The molecule has 0 aromatic rings. The van der Waals surface area contributed by atoms with Crippen LogP contribution in [0.2, 0.25) is 0 Å². The maximum atomic E-state index is 4.11. The summed E-state index contributed by atoms with van der Waals surface area (Å²) in [4.78, 5) is 0. The predicted molar refractivity (Wildman–Crippen MR) is 71.1 cm³/mol. The molecule has 15 heavy (non-hydrogen) atoms. The van der Waals surface area contributed by atoms with Crippen molar-refractivity contribution < 1.29 is 0 Å². The van der Waals surface area contributed by atoms with Crippen LogP contribution in [0.3, 0.4) is 0 Å². The van der Waals surface area contributed by atoms with E-state index in [0.29, 0.717) is 0 Å². The fourth-order valence-electron chi connectivity index (χ4n) is 1.83. The lowest BCUT2D eigenvalue weighted by molar-refractivity contribution is 0.376. The Kier molecular flexibility index (Phi) is 8.85. The van der Waals surface area contributed by atoms with Crippen LogP contribution in [0, 0.1) is 11.8 Å². The lowest BCUT2D eigenvalue weighted by Gasteiger charge is -2.14. The number of hydrogen-bond donors (Lipinski definition) is 0. The fraction of sp³-hybridized carbons (Fsp3) is 0.867. The van der Waals surface area contributed by atoms with Gasteiger partial charge in [0, 0.05) is 0 Å². The molecule has 0 heteroatoms. The lowest BCUT2D eigenvalue weighted by Crippen LogP contribution is -2.03. The van der Waals surface area contributed by atoms with Crippen LogP contribution in [0.1, 0.15) is 72.6 Å². The summed E-state index contributed by atoms with van der Waals surface area (Å²) in [7, 11) is 0. The minimum atomic E-state index is 0.847. The molecule has 90 valence electrons. The molecule has 1 unspecified atom stereocenters. The largest absolute Gasteiger partial charge is 0.0999 e. The second-order valence-corrected chi connectivity index (χ2v) is 5.32. The zero-order valence-electron chi connectivity index (χ0n) is 11.3. The van der Waals surface area contributed by atoms with Crippen molar-refractivity contribution in [1.29, 1.82) is 0 Å². The molecule has 0 radical (unpaired) electrons. The number of allylic oxidation sites excluding steroid dienone is 1. The third-order valence-corrected chi connectivity index (χ3v) is 3.43. The summed E-state index contributed by atoms with van der Waals surface area (Å²) in [6, 6.07) is 0. The summed E-state index contributed by atoms with van der Waals surface area (Å²) in [6.45, 7) is 13.4. The number of unbranched alkanes of at least 4 members (excludes halogenated alkanes) is 2. The van der Waals surface area contributed by atoms with E-state index < -0.39 is 0 Å². The van der Waals surface area contributed by atoms with E-state index in [1.54, 1.807) is 0 Å². The molecule has 0 rings (SSSR count). The molecule has 0 fully saturated rings. The van der Waals surface area contributed by atoms with Gasteiger partial charge in [0.05, 0.1) is 0 Å². The first-order valence-corrected chi connectivity index (χ1v) is 6.74. The second-order valence-electron chi connectivity index (χ2n) is 5.32. The molecule has 0 aromatic heterocycles. The van der Waals surface area contributed by atoms with Gasteiger partial charge in [-0.2, -0.15) is 0 Å². The van der Waals surface area contributed by atoms with Gasteiger partial charge < -0.3 is 0 Å². The molecule has 0 aliphatic heterocycles. The monoisotopic (exact) mass is 210 g/mol. The van der Waals surface area contributed by atoms with Crippen LogP contribution in [0.4, 0.5) is 0 Å². The van der Waals surface area contributed by atoms with Crippen molar-refractivity contribution in [3.05, 3.63) is 12.2 Å². The summed E-state index contributed by atoms with van der Waals surface area (Å²) in [5, 5.41) is 0. The summed E-state index contributed by atoms with van der Waals surface area (Å²) < 4.78 is 0. The Morgan fingerprint density at radius 2 is 1.67 bits per heavy atom. The third kappa shape index (κ3) is 8.72. The van der Waals surface area contributed by atoms with E-state index in [1.165, 1.54) is 50.5 Å². The Balaban J connectivity index is 3.28. The Labute approximate surface area is 97.2 Å². The van der Waals surface area contributed by atoms with Gasteiger partial charge in [-0.25, -0.2) is 0 Å². The third-order valence-electron chi connectivity index (χ3n) is 3.43. The molecule has 0 N–H and O–H groups in total.